The summed E-state index contributed by atoms with van der Waals surface area (Å²) in [5, 5.41) is 17.5. The highest BCUT2D eigenvalue weighted by atomic mass is 16.6. The Labute approximate surface area is 68.5 Å². The summed E-state index contributed by atoms with van der Waals surface area (Å²) < 4.78 is 4.23. The van der Waals surface area contributed by atoms with Gasteiger partial charge in [0.1, 0.15) is 6.20 Å². The van der Waals surface area contributed by atoms with Crippen LogP contribution in [0.25, 0.3) is 0 Å². The Morgan fingerprint density at radius 1 is 1.75 bits per heavy atom. The number of hydrogen-bond donors (Lipinski definition) is 2. The molecule has 12 heavy (non-hydrogen) atoms. The van der Waals surface area contributed by atoms with Crippen molar-refractivity contribution in [2.24, 2.45) is 0 Å². The molecule has 0 unspecified atom stereocenters. The van der Waals surface area contributed by atoms with Crippen LogP contribution >= 0.6 is 0 Å². The molecule has 1 heterocycles. The third-order valence-corrected chi connectivity index (χ3v) is 1.21. The summed E-state index contributed by atoms with van der Waals surface area (Å²) in [5.74, 6) is -0.343. The normalized spacial score (nSPS) is 9.75. The Morgan fingerprint density at radius 3 is 3.17 bits per heavy atom. The van der Waals surface area contributed by atoms with Gasteiger partial charge in [-0.15, -0.1) is 0 Å². The van der Waals surface area contributed by atoms with Crippen molar-refractivity contribution in [1.29, 1.82) is 0 Å². The minimum Gasteiger partial charge on any atom is -0.396 e. The van der Waals surface area contributed by atoms with Gasteiger partial charge in [0, 0.05) is 13.2 Å². The van der Waals surface area contributed by atoms with Gasteiger partial charge in [0.15, 0.2) is 5.69 Å². The van der Waals surface area contributed by atoms with Crippen LogP contribution in [0.1, 0.15) is 16.9 Å². The van der Waals surface area contributed by atoms with Crippen LogP contribution in [0.4, 0.5) is 0 Å². The average Bonchev–Trinajstić information content (AvgIpc) is 2.56. The van der Waals surface area contributed by atoms with Gasteiger partial charge < -0.3 is 10.4 Å². The van der Waals surface area contributed by atoms with Crippen LogP contribution in [-0.2, 0) is 0 Å². The highest BCUT2D eigenvalue weighted by molar-refractivity contribution is 5.91. The molecular weight excluding hydrogens is 162 g/mol. The third-order valence-electron chi connectivity index (χ3n) is 1.21. The molecule has 0 atom stereocenters. The molecule has 1 aromatic heterocycles. The van der Waals surface area contributed by atoms with E-state index in [0.29, 0.717) is 13.0 Å². The van der Waals surface area contributed by atoms with E-state index in [4.69, 9.17) is 5.11 Å². The van der Waals surface area contributed by atoms with E-state index in [1.165, 1.54) is 6.20 Å². The van der Waals surface area contributed by atoms with Crippen LogP contribution in [0, 0.1) is 0 Å². The average molecular weight is 171 g/mol. The number of carbonyl (C=O) groups excluding carboxylic acids is 1. The van der Waals surface area contributed by atoms with E-state index in [1.54, 1.807) is 0 Å². The van der Waals surface area contributed by atoms with Crippen LogP contribution in [0.15, 0.2) is 10.8 Å². The van der Waals surface area contributed by atoms with Gasteiger partial charge >= 0.3 is 0 Å². The van der Waals surface area contributed by atoms with Gasteiger partial charge in [-0.3, -0.25) is 4.79 Å². The molecule has 66 valence electrons. The largest absolute Gasteiger partial charge is 0.396 e. The maximum absolute atomic E-state index is 11.0. The summed E-state index contributed by atoms with van der Waals surface area (Å²) in [7, 11) is 0. The van der Waals surface area contributed by atoms with Gasteiger partial charge in [-0.1, -0.05) is 5.16 Å². The van der Waals surface area contributed by atoms with E-state index in [1.807, 2.05) is 0 Å². The molecule has 6 nitrogen and oxygen atoms in total. The van der Waals surface area contributed by atoms with E-state index in [0.717, 1.165) is 0 Å². The van der Waals surface area contributed by atoms with Crippen molar-refractivity contribution in [1.82, 2.24) is 15.6 Å². The molecule has 0 saturated heterocycles. The van der Waals surface area contributed by atoms with Crippen molar-refractivity contribution in [3.8, 4) is 0 Å². The lowest BCUT2D eigenvalue weighted by molar-refractivity contribution is 0.0941. The maximum atomic E-state index is 11.0. The molecule has 6 heteroatoms. The molecule has 1 rings (SSSR count). The minimum atomic E-state index is -0.343. The molecule has 0 radical (unpaired) electrons. The lowest BCUT2D eigenvalue weighted by Gasteiger charge is -1.98. The zero-order chi connectivity index (χ0) is 8.81. The highest BCUT2D eigenvalue weighted by Gasteiger charge is 2.07. The number of aliphatic hydroxyl groups excluding tert-OH is 1. The minimum absolute atomic E-state index is 0.0529. The Morgan fingerprint density at radius 2 is 2.58 bits per heavy atom. The van der Waals surface area contributed by atoms with Crippen LogP contribution in [0.5, 0.6) is 0 Å². The monoisotopic (exact) mass is 171 g/mol. The molecule has 2 N–H and O–H groups in total. The van der Waals surface area contributed by atoms with Crippen LogP contribution in [0.2, 0.25) is 0 Å². The zero-order valence-electron chi connectivity index (χ0n) is 6.36. The first-order valence-electron chi connectivity index (χ1n) is 3.51. The van der Waals surface area contributed by atoms with E-state index in [9.17, 15) is 4.79 Å². The van der Waals surface area contributed by atoms with Crippen LogP contribution in [0.3, 0.4) is 0 Å². The van der Waals surface area contributed by atoms with Crippen LogP contribution < -0.4 is 5.32 Å². The summed E-state index contributed by atoms with van der Waals surface area (Å²) >= 11 is 0. The van der Waals surface area contributed by atoms with E-state index in [-0.39, 0.29) is 18.2 Å². The highest BCUT2D eigenvalue weighted by Crippen LogP contribution is 1.89. The first kappa shape index (κ1) is 8.66. The molecule has 0 bridgehead atoms. The summed E-state index contributed by atoms with van der Waals surface area (Å²) in [5.41, 5.74) is 0.146. The molecule has 0 aliphatic rings. The number of amides is 1. The molecule has 0 aliphatic carbocycles. The van der Waals surface area contributed by atoms with E-state index < -0.39 is 0 Å². The Balaban J connectivity index is 2.30. The number of nitrogens with one attached hydrogen (secondary N) is 1. The van der Waals surface area contributed by atoms with Crippen molar-refractivity contribution >= 4 is 5.91 Å². The van der Waals surface area contributed by atoms with Crippen molar-refractivity contribution in [2.75, 3.05) is 13.2 Å². The van der Waals surface area contributed by atoms with Gasteiger partial charge in [0.2, 0.25) is 0 Å². The van der Waals surface area contributed by atoms with Crippen molar-refractivity contribution in [3.05, 3.63) is 11.9 Å². The van der Waals surface area contributed by atoms with Crippen molar-refractivity contribution in [3.63, 3.8) is 0 Å². The summed E-state index contributed by atoms with van der Waals surface area (Å²) in [6, 6.07) is 0. The van der Waals surface area contributed by atoms with Gasteiger partial charge in [0.05, 0.1) is 0 Å². The molecule has 1 amide bonds. The van der Waals surface area contributed by atoms with E-state index in [2.05, 4.69) is 20.3 Å². The van der Waals surface area contributed by atoms with Gasteiger partial charge in [-0.2, -0.15) is 0 Å². The Hall–Kier alpha value is -1.43. The van der Waals surface area contributed by atoms with Gasteiger partial charge in [0.25, 0.3) is 5.91 Å². The fraction of sp³-hybridized carbons (Fsp3) is 0.500. The fourth-order valence-electron chi connectivity index (χ4n) is 0.636. The summed E-state index contributed by atoms with van der Waals surface area (Å²) in [4.78, 5) is 11.0. The molecule has 0 aliphatic heterocycles. The van der Waals surface area contributed by atoms with E-state index >= 15 is 0 Å². The number of nitrogens with zero attached hydrogens (tertiary/aromatic N) is 2. The molecule has 0 saturated carbocycles. The predicted molar refractivity (Wildman–Crippen MR) is 38.3 cm³/mol. The standard InChI is InChI=1S/C6H9N3O3/c10-3-1-2-7-6(11)5-4-8-12-9-5/h4,10H,1-3H2,(H,7,11). The number of rotatable bonds is 4. The molecule has 1 aromatic rings. The topological polar surface area (TPSA) is 88.2 Å². The Kier molecular flexibility index (Phi) is 3.21. The molecule has 0 spiro atoms. The molecular formula is C6H9N3O3. The first-order chi connectivity index (χ1) is 5.84. The Bertz CT molecular complexity index is 234. The van der Waals surface area contributed by atoms with Crippen LogP contribution in [-0.4, -0.2) is 34.5 Å². The molecule has 0 fully saturated rings. The quantitative estimate of drug-likeness (QED) is 0.578. The van der Waals surface area contributed by atoms with Crippen molar-refractivity contribution < 1.29 is 14.5 Å². The number of aromatic nitrogens is 2. The third kappa shape index (κ3) is 2.31. The smallest absolute Gasteiger partial charge is 0.275 e. The van der Waals surface area contributed by atoms with Gasteiger partial charge in [-0.25, -0.2) is 4.63 Å². The predicted octanol–water partition coefficient (Wildman–Crippen LogP) is -0.818. The zero-order valence-corrected chi connectivity index (χ0v) is 6.36. The SMILES string of the molecule is O=C(NCCCO)c1cnon1. The first-order valence-corrected chi connectivity index (χ1v) is 3.51. The van der Waals surface area contributed by atoms with Gasteiger partial charge in [-0.05, 0) is 11.6 Å². The fourth-order valence-corrected chi connectivity index (χ4v) is 0.636. The maximum Gasteiger partial charge on any atom is 0.275 e. The molecule has 0 aromatic carbocycles. The summed E-state index contributed by atoms with van der Waals surface area (Å²) in [6.07, 6.45) is 1.76. The lowest BCUT2D eigenvalue weighted by Crippen LogP contribution is -2.25. The second kappa shape index (κ2) is 4.45. The summed E-state index contributed by atoms with van der Waals surface area (Å²) in [6.45, 7) is 0.472. The lowest BCUT2D eigenvalue weighted by atomic mass is 10.4. The second-order valence-corrected chi connectivity index (χ2v) is 2.13. The number of aliphatic hydroxyl groups is 1. The number of carbonyl (C=O) groups is 1. The second-order valence-electron chi connectivity index (χ2n) is 2.13. The number of hydrogen-bond acceptors (Lipinski definition) is 5. The van der Waals surface area contributed by atoms with Crippen molar-refractivity contribution in [2.45, 2.75) is 6.42 Å².